The zero-order valence-electron chi connectivity index (χ0n) is 11.7. The van der Waals surface area contributed by atoms with Gasteiger partial charge in [-0.05, 0) is 59.2 Å². The summed E-state index contributed by atoms with van der Waals surface area (Å²) in [4.78, 5) is 0. The van der Waals surface area contributed by atoms with E-state index in [-0.39, 0.29) is 0 Å². The SMILES string of the molecule is Oc1ccc(C2Cc3ccc(O)cc3C3COCC23)cc1. The van der Waals surface area contributed by atoms with Crippen molar-refractivity contribution in [2.45, 2.75) is 18.3 Å². The smallest absolute Gasteiger partial charge is 0.115 e. The molecule has 2 aromatic rings. The van der Waals surface area contributed by atoms with Gasteiger partial charge in [-0.2, -0.15) is 0 Å². The van der Waals surface area contributed by atoms with Crippen LogP contribution in [0.2, 0.25) is 0 Å². The summed E-state index contributed by atoms with van der Waals surface area (Å²) in [6, 6.07) is 13.2. The van der Waals surface area contributed by atoms with Gasteiger partial charge in [-0.3, -0.25) is 0 Å². The Hall–Kier alpha value is -2.00. The Morgan fingerprint density at radius 2 is 1.62 bits per heavy atom. The van der Waals surface area contributed by atoms with E-state index in [1.165, 1.54) is 16.7 Å². The summed E-state index contributed by atoms with van der Waals surface area (Å²) < 4.78 is 5.73. The van der Waals surface area contributed by atoms with Gasteiger partial charge < -0.3 is 14.9 Å². The first kappa shape index (κ1) is 12.7. The molecule has 0 bridgehead atoms. The van der Waals surface area contributed by atoms with E-state index in [1.807, 2.05) is 24.3 Å². The highest BCUT2D eigenvalue weighted by Crippen LogP contribution is 2.48. The first-order valence-corrected chi connectivity index (χ1v) is 7.41. The Balaban J connectivity index is 1.77. The number of ether oxygens (including phenoxy) is 1. The van der Waals surface area contributed by atoms with Gasteiger partial charge in [-0.15, -0.1) is 0 Å². The molecule has 0 aromatic heterocycles. The van der Waals surface area contributed by atoms with Crippen LogP contribution >= 0.6 is 0 Å². The van der Waals surface area contributed by atoms with Gasteiger partial charge in [0.2, 0.25) is 0 Å². The van der Waals surface area contributed by atoms with Crippen molar-refractivity contribution in [1.29, 1.82) is 0 Å². The number of aromatic hydroxyl groups is 2. The number of phenols is 2. The van der Waals surface area contributed by atoms with Crippen LogP contribution in [-0.2, 0) is 11.2 Å². The predicted octanol–water partition coefficient (Wildman–Crippen LogP) is 3.17. The minimum atomic E-state index is 0.305. The molecule has 0 spiro atoms. The summed E-state index contributed by atoms with van der Waals surface area (Å²) in [5.41, 5.74) is 3.80. The van der Waals surface area contributed by atoms with E-state index in [9.17, 15) is 10.2 Å². The zero-order valence-corrected chi connectivity index (χ0v) is 11.7. The van der Waals surface area contributed by atoms with Crippen molar-refractivity contribution < 1.29 is 14.9 Å². The molecule has 1 heterocycles. The molecule has 0 saturated carbocycles. The van der Waals surface area contributed by atoms with Crippen molar-refractivity contribution in [2.24, 2.45) is 5.92 Å². The maximum atomic E-state index is 9.75. The molecule has 0 amide bonds. The van der Waals surface area contributed by atoms with E-state index < -0.39 is 0 Å². The second-order valence-corrected chi connectivity index (χ2v) is 6.09. The maximum Gasteiger partial charge on any atom is 0.115 e. The summed E-state index contributed by atoms with van der Waals surface area (Å²) in [5, 5.41) is 19.2. The number of hydrogen-bond donors (Lipinski definition) is 2. The fraction of sp³-hybridized carbons (Fsp3) is 0.333. The molecule has 1 saturated heterocycles. The molecular formula is C18H18O3. The molecule has 1 fully saturated rings. The normalized spacial score (nSPS) is 27.1. The first-order chi connectivity index (χ1) is 10.2. The van der Waals surface area contributed by atoms with Crippen LogP contribution in [0.25, 0.3) is 0 Å². The van der Waals surface area contributed by atoms with E-state index in [0.29, 0.717) is 29.3 Å². The van der Waals surface area contributed by atoms with Gasteiger partial charge in [0.1, 0.15) is 11.5 Å². The van der Waals surface area contributed by atoms with Crippen molar-refractivity contribution in [3.05, 3.63) is 59.2 Å². The maximum absolute atomic E-state index is 9.75. The van der Waals surface area contributed by atoms with Gasteiger partial charge in [0, 0.05) is 5.92 Å². The predicted molar refractivity (Wildman–Crippen MR) is 79.7 cm³/mol. The molecule has 0 radical (unpaired) electrons. The molecule has 4 rings (SSSR count). The van der Waals surface area contributed by atoms with Gasteiger partial charge >= 0.3 is 0 Å². The lowest BCUT2D eigenvalue weighted by Crippen LogP contribution is -2.27. The Kier molecular flexibility index (Phi) is 2.89. The Bertz CT molecular complexity index is 663. The minimum Gasteiger partial charge on any atom is -0.508 e. The van der Waals surface area contributed by atoms with E-state index in [4.69, 9.17) is 4.74 Å². The quantitative estimate of drug-likeness (QED) is 0.844. The highest BCUT2D eigenvalue weighted by atomic mass is 16.5. The number of phenolic OH excluding ortho intramolecular Hbond substituents is 2. The van der Waals surface area contributed by atoms with Crippen LogP contribution in [0.15, 0.2) is 42.5 Å². The summed E-state index contributed by atoms with van der Waals surface area (Å²) in [6.07, 6.45) is 0.963. The number of benzene rings is 2. The lowest BCUT2D eigenvalue weighted by atomic mass is 9.68. The number of rotatable bonds is 1. The highest BCUT2D eigenvalue weighted by molar-refractivity contribution is 5.43. The monoisotopic (exact) mass is 282 g/mol. The summed E-state index contributed by atoms with van der Waals surface area (Å²) in [6.45, 7) is 1.50. The molecular weight excluding hydrogens is 264 g/mol. The number of fused-ring (bicyclic) bond motifs is 3. The fourth-order valence-electron chi connectivity index (χ4n) is 3.88. The molecule has 1 aliphatic heterocycles. The number of hydrogen-bond acceptors (Lipinski definition) is 3. The van der Waals surface area contributed by atoms with Crippen molar-refractivity contribution in [3.63, 3.8) is 0 Å². The lowest BCUT2D eigenvalue weighted by molar-refractivity contribution is 0.180. The van der Waals surface area contributed by atoms with Gasteiger partial charge in [-0.1, -0.05) is 18.2 Å². The largest absolute Gasteiger partial charge is 0.508 e. The van der Waals surface area contributed by atoms with Crippen molar-refractivity contribution in [3.8, 4) is 11.5 Å². The van der Waals surface area contributed by atoms with Crippen LogP contribution in [0.1, 0.15) is 28.5 Å². The first-order valence-electron chi connectivity index (χ1n) is 7.41. The molecule has 2 N–H and O–H groups in total. The summed E-state index contributed by atoms with van der Waals surface area (Å²) >= 11 is 0. The van der Waals surface area contributed by atoms with Crippen LogP contribution in [-0.4, -0.2) is 23.4 Å². The average Bonchev–Trinajstić information content (AvgIpc) is 2.97. The molecule has 21 heavy (non-hydrogen) atoms. The highest BCUT2D eigenvalue weighted by Gasteiger charge is 2.41. The second-order valence-electron chi connectivity index (χ2n) is 6.09. The molecule has 3 heteroatoms. The Labute approximate surface area is 123 Å². The molecule has 2 aliphatic rings. The Morgan fingerprint density at radius 1 is 0.857 bits per heavy atom. The summed E-state index contributed by atoms with van der Waals surface area (Å²) in [7, 11) is 0. The van der Waals surface area contributed by atoms with Gasteiger partial charge in [0.05, 0.1) is 13.2 Å². The molecule has 2 aromatic carbocycles. The minimum absolute atomic E-state index is 0.305. The zero-order chi connectivity index (χ0) is 14.4. The van der Waals surface area contributed by atoms with E-state index >= 15 is 0 Å². The van der Waals surface area contributed by atoms with Crippen LogP contribution in [0.3, 0.4) is 0 Å². The van der Waals surface area contributed by atoms with Crippen molar-refractivity contribution in [2.75, 3.05) is 13.2 Å². The van der Waals surface area contributed by atoms with Gasteiger partial charge in [0.25, 0.3) is 0 Å². The third kappa shape index (κ3) is 2.09. The standard InChI is InChI=1S/C18H18O3/c19-13-4-1-11(2-5-13)15-7-12-3-6-14(20)8-16(12)18-10-21-9-17(15)18/h1-6,8,15,17-20H,7,9-10H2. The van der Waals surface area contributed by atoms with E-state index in [1.54, 1.807) is 18.2 Å². The van der Waals surface area contributed by atoms with E-state index in [2.05, 4.69) is 0 Å². The second kappa shape index (κ2) is 4.78. The molecule has 108 valence electrons. The third-order valence-corrected chi connectivity index (χ3v) is 4.93. The molecule has 3 unspecified atom stereocenters. The van der Waals surface area contributed by atoms with Crippen molar-refractivity contribution in [1.82, 2.24) is 0 Å². The van der Waals surface area contributed by atoms with E-state index in [0.717, 1.165) is 19.6 Å². The third-order valence-electron chi connectivity index (χ3n) is 4.93. The summed E-state index contributed by atoms with van der Waals surface area (Å²) in [5.74, 6) is 1.86. The Morgan fingerprint density at radius 3 is 2.43 bits per heavy atom. The van der Waals surface area contributed by atoms with Gasteiger partial charge in [0.15, 0.2) is 0 Å². The molecule has 3 atom stereocenters. The lowest BCUT2D eigenvalue weighted by Gasteiger charge is -2.35. The molecule has 3 nitrogen and oxygen atoms in total. The van der Waals surface area contributed by atoms with Gasteiger partial charge in [-0.25, -0.2) is 0 Å². The van der Waals surface area contributed by atoms with Crippen LogP contribution < -0.4 is 0 Å². The average molecular weight is 282 g/mol. The van der Waals surface area contributed by atoms with Crippen molar-refractivity contribution >= 4 is 0 Å². The van der Waals surface area contributed by atoms with Crippen LogP contribution in [0.4, 0.5) is 0 Å². The fourth-order valence-corrected chi connectivity index (χ4v) is 3.88. The van der Waals surface area contributed by atoms with Crippen LogP contribution in [0.5, 0.6) is 11.5 Å². The van der Waals surface area contributed by atoms with Crippen LogP contribution in [0, 0.1) is 5.92 Å². The topological polar surface area (TPSA) is 49.7 Å². The molecule has 1 aliphatic carbocycles.